The minimum Gasteiger partial charge on any atom is -0.478 e. The smallest absolute Gasteiger partial charge is 0.336 e. The zero-order valence-corrected chi connectivity index (χ0v) is 11.7. The van der Waals surface area contributed by atoms with Crippen LogP contribution in [0.15, 0.2) is 54.6 Å². The number of benzene rings is 2. The molecule has 0 amide bonds. The highest BCUT2D eigenvalue weighted by Gasteiger charge is 2.12. The Balaban J connectivity index is 2.12. The minimum absolute atomic E-state index is 0.314. The molecule has 3 aromatic rings. The first-order chi connectivity index (χ1) is 10.1. The summed E-state index contributed by atoms with van der Waals surface area (Å²) in [5.74, 6) is -0.915. The predicted octanol–water partition coefficient (Wildman–Crippen LogP) is 3.83. The average molecular weight is 277 g/mol. The van der Waals surface area contributed by atoms with Crippen molar-refractivity contribution in [2.45, 2.75) is 13.3 Å². The fraction of sp³-hybridized carbons (Fsp3) is 0.111. The third-order valence-electron chi connectivity index (χ3n) is 3.48. The SMILES string of the molecule is Cc1ccc2nc(Cc3ccccc3)cc(C(=O)O)c2c1. The lowest BCUT2D eigenvalue weighted by atomic mass is 10.0. The molecule has 0 fully saturated rings. The second-order valence-corrected chi connectivity index (χ2v) is 5.15. The molecular formula is C18H15NO2. The van der Waals surface area contributed by atoms with Gasteiger partial charge in [0.25, 0.3) is 0 Å². The molecule has 0 aliphatic carbocycles. The van der Waals surface area contributed by atoms with Crippen LogP contribution in [0.3, 0.4) is 0 Å². The zero-order valence-electron chi connectivity index (χ0n) is 11.7. The van der Waals surface area contributed by atoms with Gasteiger partial charge in [0.15, 0.2) is 0 Å². The molecule has 1 aromatic heterocycles. The molecular weight excluding hydrogens is 262 g/mol. The molecule has 0 unspecified atom stereocenters. The maximum absolute atomic E-state index is 11.5. The Kier molecular flexibility index (Phi) is 3.40. The van der Waals surface area contributed by atoms with E-state index in [9.17, 15) is 9.90 Å². The number of hydrogen-bond donors (Lipinski definition) is 1. The number of carboxylic acid groups (broad SMARTS) is 1. The molecule has 1 heterocycles. The van der Waals surface area contributed by atoms with E-state index in [0.29, 0.717) is 17.4 Å². The Bertz CT molecular complexity index is 810. The normalized spacial score (nSPS) is 10.7. The van der Waals surface area contributed by atoms with Crippen molar-refractivity contribution in [2.75, 3.05) is 0 Å². The van der Waals surface area contributed by atoms with Gasteiger partial charge in [-0.25, -0.2) is 4.79 Å². The van der Waals surface area contributed by atoms with E-state index >= 15 is 0 Å². The first-order valence-electron chi connectivity index (χ1n) is 6.81. The van der Waals surface area contributed by atoms with Gasteiger partial charge in [0, 0.05) is 17.5 Å². The summed E-state index contributed by atoms with van der Waals surface area (Å²) in [4.78, 5) is 16.1. The Morgan fingerprint density at radius 3 is 2.57 bits per heavy atom. The lowest BCUT2D eigenvalue weighted by molar-refractivity contribution is 0.0699. The molecule has 0 spiro atoms. The van der Waals surface area contributed by atoms with Crippen LogP contribution in [0, 0.1) is 6.92 Å². The van der Waals surface area contributed by atoms with E-state index in [4.69, 9.17) is 0 Å². The van der Waals surface area contributed by atoms with E-state index in [-0.39, 0.29) is 0 Å². The third-order valence-corrected chi connectivity index (χ3v) is 3.48. The molecule has 0 atom stereocenters. The van der Waals surface area contributed by atoms with Crippen LogP contribution in [-0.4, -0.2) is 16.1 Å². The van der Waals surface area contributed by atoms with E-state index in [2.05, 4.69) is 4.98 Å². The van der Waals surface area contributed by atoms with E-state index in [1.165, 1.54) is 0 Å². The highest BCUT2D eigenvalue weighted by molar-refractivity contribution is 6.02. The molecule has 3 heteroatoms. The van der Waals surface area contributed by atoms with Gasteiger partial charge in [-0.1, -0.05) is 42.0 Å². The number of fused-ring (bicyclic) bond motifs is 1. The fourth-order valence-corrected chi connectivity index (χ4v) is 2.47. The van der Waals surface area contributed by atoms with E-state index in [0.717, 1.165) is 22.3 Å². The molecule has 0 aliphatic heterocycles. The minimum atomic E-state index is -0.915. The first-order valence-corrected chi connectivity index (χ1v) is 6.81. The Labute approximate surface area is 122 Å². The third kappa shape index (κ3) is 2.77. The Morgan fingerprint density at radius 2 is 1.86 bits per heavy atom. The number of aromatic carboxylic acids is 1. The van der Waals surface area contributed by atoms with Gasteiger partial charge in [0.2, 0.25) is 0 Å². The first kappa shape index (κ1) is 13.3. The summed E-state index contributed by atoms with van der Waals surface area (Å²) in [5.41, 5.74) is 3.96. The van der Waals surface area contributed by atoms with Gasteiger partial charge in [-0.2, -0.15) is 0 Å². The Hall–Kier alpha value is -2.68. The van der Waals surface area contributed by atoms with Gasteiger partial charge >= 0.3 is 5.97 Å². The van der Waals surface area contributed by atoms with E-state index in [1.807, 2.05) is 55.5 Å². The lowest BCUT2D eigenvalue weighted by Crippen LogP contribution is -2.02. The number of rotatable bonds is 3. The number of carboxylic acids is 1. The van der Waals surface area contributed by atoms with Crippen LogP contribution in [0.2, 0.25) is 0 Å². The van der Waals surface area contributed by atoms with Gasteiger partial charge in [-0.15, -0.1) is 0 Å². The summed E-state index contributed by atoms with van der Waals surface area (Å²) < 4.78 is 0. The number of aromatic nitrogens is 1. The van der Waals surface area contributed by atoms with Crippen LogP contribution in [-0.2, 0) is 6.42 Å². The van der Waals surface area contributed by atoms with Crippen molar-refractivity contribution < 1.29 is 9.90 Å². The van der Waals surface area contributed by atoms with Crippen molar-refractivity contribution in [2.24, 2.45) is 0 Å². The summed E-state index contributed by atoms with van der Waals surface area (Å²) in [6.45, 7) is 1.95. The highest BCUT2D eigenvalue weighted by atomic mass is 16.4. The monoisotopic (exact) mass is 277 g/mol. The van der Waals surface area contributed by atoms with Gasteiger partial charge in [0.1, 0.15) is 0 Å². The van der Waals surface area contributed by atoms with Crippen molar-refractivity contribution >= 4 is 16.9 Å². The summed E-state index contributed by atoms with van der Waals surface area (Å²) >= 11 is 0. The van der Waals surface area contributed by atoms with E-state index in [1.54, 1.807) is 6.07 Å². The van der Waals surface area contributed by atoms with Crippen molar-refractivity contribution in [1.29, 1.82) is 0 Å². The van der Waals surface area contributed by atoms with Crippen LogP contribution in [0.25, 0.3) is 10.9 Å². The molecule has 3 nitrogen and oxygen atoms in total. The largest absolute Gasteiger partial charge is 0.478 e. The number of nitrogens with zero attached hydrogens (tertiary/aromatic N) is 1. The predicted molar refractivity (Wildman–Crippen MR) is 82.7 cm³/mol. The molecule has 21 heavy (non-hydrogen) atoms. The topological polar surface area (TPSA) is 50.2 Å². The summed E-state index contributed by atoms with van der Waals surface area (Å²) in [6, 6.07) is 17.3. The summed E-state index contributed by atoms with van der Waals surface area (Å²) in [7, 11) is 0. The van der Waals surface area contributed by atoms with Crippen LogP contribution in [0.5, 0.6) is 0 Å². The van der Waals surface area contributed by atoms with E-state index < -0.39 is 5.97 Å². The molecule has 0 radical (unpaired) electrons. The number of carbonyl (C=O) groups is 1. The van der Waals surface area contributed by atoms with Crippen LogP contribution in [0.1, 0.15) is 27.2 Å². The number of hydrogen-bond acceptors (Lipinski definition) is 2. The zero-order chi connectivity index (χ0) is 14.8. The van der Waals surface area contributed by atoms with Crippen molar-refractivity contribution in [1.82, 2.24) is 4.98 Å². The maximum Gasteiger partial charge on any atom is 0.336 e. The second kappa shape index (κ2) is 5.37. The molecule has 0 bridgehead atoms. The maximum atomic E-state index is 11.5. The highest BCUT2D eigenvalue weighted by Crippen LogP contribution is 2.21. The molecule has 104 valence electrons. The lowest BCUT2D eigenvalue weighted by Gasteiger charge is -2.08. The number of pyridine rings is 1. The Morgan fingerprint density at radius 1 is 1.10 bits per heavy atom. The van der Waals surface area contributed by atoms with Crippen molar-refractivity contribution in [3.8, 4) is 0 Å². The van der Waals surface area contributed by atoms with Crippen LogP contribution in [0.4, 0.5) is 0 Å². The van der Waals surface area contributed by atoms with Crippen molar-refractivity contribution in [3.63, 3.8) is 0 Å². The fourth-order valence-electron chi connectivity index (χ4n) is 2.47. The van der Waals surface area contributed by atoms with Crippen LogP contribution < -0.4 is 0 Å². The molecule has 0 saturated heterocycles. The van der Waals surface area contributed by atoms with Gasteiger partial charge < -0.3 is 5.11 Å². The summed E-state index contributed by atoms with van der Waals surface area (Å²) in [5, 5.41) is 10.1. The molecule has 0 saturated carbocycles. The van der Waals surface area contributed by atoms with Gasteiger partial charge in [-0.3, -0.25) is 4.98 Å². The quantitative estimate of drug-likeness (QED) is 0.791. The van der Waals surface area contributed by atoms with Crippen molar-refractivity contribution in [3.05, 3.63) is 77.0 Å². The standard InChI is InChI=1S/C18H15NO2/c1-12-7-8-17-15(9-12)16(18(20)21)11-14(19-17)10-13-5-3-2-4-6-13/h2-9,11H,10H2,1H3,(H,20,21). The molecule has 0 aliphatic rings. The molecule has 3 rings (SSSR count). The molecule has 1 N–H and O–H groups in total. The number of aryl methyl sites for hydroxylation is 1. The second-order valence-electron chi connectivity index (χ2n) is 5.15. The van der Waals surface area contributed by atoms with Gasteiger partial charge in [-0.05, 0) is 30.7 Å². The van der Waals surface area contributed by atoms with Crippen LogP contribution >= 0.6 is 0 Å². The average Bonchev–Trinajstić information content (AvgIpc) is 2.48. The van der Waals surface area contributed by atoms with Gasteiger partial charge in [0.05, 0.1) is 11.1 Å². The molecule has 2 aromatic carbocycles. The summed E-state index contributed by atoms with van der Waals surface area (Å²) in [6.07, 6.45) is 0.630.